The minimum absolute atomic E-state index is 0.00711. The summed E-state index contributed by atoms with van der Waals surface area (Å²) in [6.45, 7) is 5.30. The van der Waals surface area contributed by atoms with Crippen molar-refractivity contribution in [3.8, 4) is 0 Å². The Morgan fingerprint density at radius 3 is 2.54 bits per heavy atom. The molecule has 0 atom stereocenters. The van der Waals surface area contributed by atoms with Gasteiger partial charge in [0.2, 0.25) is 5.91 Å². The molecule has 1 aliphatic carbocycles. The lowest BCUT2D eigenvalue weighted by Gasteiger charge is -2.20. The van der Waals surface area contributed by atoms with Gasteiger partial charge in [0, 0.05) is 29.6 Å². The van der Waals surface area contributed by atoms with Gasteiger partial charge in [-0.05, 0) is 44.9 Å². The number of rotatable bonds is 7. The molecule has 0 spiro atoms. The molecule has 24 heavy (non-hydrogen) atoms. The van der Waals surface area contributed by atoms with E-state index in [1.807, 2.05) is 26.0 Å². The van der Waals surface area contributed by atoms with Crippen molar-refractivity contribution in [2.75, 3.05) is 24.2 Å². The zero-order valence-electron chi connectivity index (χ0n) is 14.7. The summed E-state index contributed by atoms with van der Waals surface area (Å²) in [6.07, 6.45) is 6.36. The molecule has 2 amide bonds. The van der Waals surface area contributed by atoms with Crippen LogP contribution in [0.1, 0.15) is 56.3 Å². The molecule has 1 N–H and O–H groups in total. The standard InChI is InChI=1S/C19H28N2O2S/c1-3-21(4-2)19(23)15-9-8-10-16(13-15)20-18(22)14-24-17-11-6-5-7-12-17/h8-10,13,17H,3-7,11-12,14H2,1-2H3,(H,20,22). The number of benzene rings is 1. The van der Waals surface area contributed by atoms with Gasteiger partial charge in [-0.1, -0.05) is 25.3 Å². The van der Waals surface area contributed by atoms with Crippen molar-refractivity contribution in [3.05, 3.63) is 29.8 Å². The number of hydrogen-bond acceptors (Lipinski definition) is 3. The van der Waals surface area contributed by atoms with Crippen LogP contribution >= 0.6 is 11.8 Å². The van der Waals surface area contributed by atoms with Crippen LogP contribution < -0.4 is 5.32 Å². The minimum Gasteiger partial charge on any atom is -0.339 e. The number of amides is 2. The summed E-state index contributed by atoms with van der Waals surface area (Å²) < 4.78 is 0. The van der Waals surface area contributed by atoms with Crippen molar-refractivity contribution in [1.82, 2.24) is 4.90 Å². The number of anilines is 1. The number of hydrogen-bond donors (Lipinski definition) is 1. The fourth-order valence-electron chi connectivity index (χ4n) is 3.05. The zero-order chi connectivity index (χ0) is 17.4. The summed E-state index contributed by atoms with van der Waals surface area (Å²) in [4.78, 5) is 26.3. The number of thioether (sulfide) groups is 1. The molecule has 2 rings (SSSR count). The van der Waals surface area contributed by atoms with Crippen LogP contribution in [0, 0.1) is 0 Å². The molecule has 0 aromatic heterocycles. The summed E-state index contributed by atoms with van der Waals surface area (Å²) in [7, 11) is 0. The van der Waals surface area contributed by atoms with E-state index in [4.69, 9.17) is 0 Å². The van der Waals surface area contributed by atoms with Crippen molar-refractivity contribution >= 4 is 29.3 Å². The van der Waals surface area contributed by atoms with E-state index in [9.17, 15) is 9.59 Å². The normalized spacial score (nSPS) is 15.1. The molecule has 1 aromatic rings. The monoisotopic (exact) mass is 348 g/mol. The molecule has 0 aliphatic heterocycles. The summed E-state index contributed by atoms with van der Waals surface area (Å²) in [5, 5.41) is 3.55. The first-order chi connectivity index (χ1) is 11.6. The Balaban J connectivity index is 1.88. The molecule has 0 heterocycles. The third-order valence-electron chi connectivity index (χ3n) is 4.45. The van der Waals surface area contributed by atoms with Gasteiger partial charge >= 0.3 is 0 Å². The van der Waals surface area contributed by atoms with Crippen LogP contribution in [0.5, 0.6) is 0 Å². The topological polar surface area (TPSA) is 49.4 Å². The smallest absolute Gasteiger partial charge is 0.253 e. The second-order valence-electron chi connectivity index (χ2n) is 6.18. The Kier molecular flexibility index (Phi) is 7.63. The lowest BCUT2D eigenvalue weighted by atomic mass is 10.0. The van der Waals surface area contributed by atoms with E-state index in [2.05, 4.69) is 5.32 Å². The van der Waals surface area contributed by atoms with E-state index >= 15 is 0 Å². The molecule has 1 fully saturated rings. The van der Waals surface area contributed by atoms with Gasteiger partial charge < -0.3 is 10.2 Å². The van der Waals surface area contributed by atoms with Gasteiger partial charge in [0.25, 0.3) is 5.91 Å². The van der Waals surface area contributed by atoms with E-state index < -0.39 is 0 Å². The highest BCUT2D eigenvalue weighted by molar-refractivity contribution is 8.00. The second-order valence-corrected chi connectivity index (χ2v) is 7.47. The largest absolute Gasteiger partial charge is 0.339 e. The van der Waals surface area contributed by atoms with Gasteiger partial charge in [0.1, 0.15) is 0 Å². The van der Waals surface area contributed by atoms with Gasteiger partial charge in [0.15, 0.2) is 0 Å². The van der Waals surface area contributed by atoms with Gasteiger partial charge in [-0.3, -0.25) is 9.59 Å². The Bertz CT molecular complexity index is 552. The predicted octanol–water partition coefficient (Wildman–Crippen LogP) is 4.17. The van der Waals surface area contributed by atoms with E-state index in [-0.39, 0.29) is 11.8 Å². The van der Waals surface area contributed by atoms with Crippen LogP contribution in [0.4, 0.5) is 5.69 Å². The van der Waals surface area contributed by atoms with Gasteiger partial charge in [-0.25, -0.2) is 0 Å². The van der Waals surface area contributed by atoms with Gasteiger partial charge in [-0.2, -0.15) is 0 Å². The van der Waals surface area contributed by atoms with E-state index in [1.54, 1.807) is 28.8 Å². The van der Waals surface area contributed by atoms with Crippen LogP contribution in [0.2, 0.25) is 0 Å². The highest BCUT2D eigenvalue weighted by Gasteiger charge is 2.16. The SMILES string of the molecule is CCN(CC)C(=O)c1cccc(NC(=O)CSC2CCCCC2)c1. The Morgan fingerprint density at radius 1 is 1.17 bits per heavy atom. The second kappa shape index (κ2) is 9.72. The summed E-state index contributed by atoms with van der Waals surface area (Å²) in [6, 6.07) is 7.22. The predicted molar refractivity (Wildman–Crippen MR) is 102 cm³/mol. The van der Waals surface area contributed by atoms with Crippen LogP contribution in [0.3, 0.4) is 0 Å². The fourth-order valence-corrected chi connectivity index (χ4v) is 4.17. The van der Waals surface area contributed by atoms with Crippen LogP contribution in [0.25, 0.3) is 0 Å². The number of carbonyl (C=O) groups is 2. The molecule has 1 aromatic carbocycles. The maximum absolute atomic E-state index is 12.4. The molecular weight excluding hydrogens is 320 g/mol. The summed E-state index contributed by atoms with van der Waals surface area (Å²) in [5.41, 5.74) is 1.32. The average Bonchev–Trinajstić information content (AvgIpc) is 2.62. The van der Waals surface area contributed by atoms with E-state index in [0.29, 0.717) is 35.3 Å². The van der Waals surface area contributed by atoms with E-state index in [1.165, 1.54) is 32.1 Å². The lowest BCUT2D eigenvalue weighted by molar-refractivity contribution is -0.113. The third-order valence-corrected chi connectivity index (χ3v) is 5.82. The first kappa shape index (κ1) is 18.8. The van der Waals surface area contributed by atoms with Crippen molar-refractivity contribution in [2.45, 2.75) is 51.2 Å². The molecule has 5 heteroatoms. The highest BCUT2D eigenvalue weighted by atomic mass is 32.2. The van der Waals surface area contributed by atoms with E-state index in [0.717, 1.165) is 0 Å². The highest BCUT2D eigenvalue weighted by Crippen LogP contribution is 2.28. The fraction of sp³-hybridized carbons (Fsp3) is 0.579. The minimum atomic E-state index is 0.00711. The molecule has 0 radical (unpaired) electrons. The van der Waals surface area contributed by atoms with Crippen LogP contribution in [-0.2, 0) is 4.79 Å². The maximum Gasteiger partial charge on any atom is 0.253 e. The Morgan fingerprint density at radius 2 is 1.88 bits per heavy atom. The Labute approximate surface area is 149 Å². The van der Waals surface area contributed by atoms with Crippen molar-refractivity contribution in [1.29, 1.82) is 0 Å². The number of nitrogens with zero attached hydrogens (tertiary/aromatic N) is 1. The first-order valence-corrected chi connectivity index (χ1v) is 9.99. The van der Waals surface area contributed by atoms with Crippen LogP contribution in [0.15, 0.2) is 24.3 Å². The average molecular weight is 349 g/mol. The molecule has 132 valence electrons. The lowest BCUT2D eigenvalue weighted by Crippen LogP contribution is -2.30. The molecule has 0 bridgehead atoms. The molecule has 4 nitrogen and oxygen atoms in total. The van der Waals surface area contributed by atoms with Crippen molar-refractivity contribution in [2.24, 2.45) is 0 Å². The zero-order valence-corrected chi connectivity index (χ0v) is 15.5. The van der Waals surface area contributed by atoms with Gasteiger partial charge in [-0.15, -0.1) is 11.8 Å². The molecular formula is C19H28N2O2S. The number of nitrogens with one attached hydrogen (secondary N) is 1. The third kappa shape index (κ3) is 5.55. The van der Waals surface area contributed by atoms with Crippen LogP contribution in [-0.4, -0.2) is 40.8 Å². The Hall–Kier alpha value is -1.49. The first-order valence-electron chi connectivity index (χ1n) is 8.94. The number of carbonyl (C=O) groups excluding carboxylic acids is 2. The summed E-state index contributed by atoms with van der Waals surface area (Å²) >= 11 is 1.76. The maximum atomic E-state index is 12.4. The quantitative estimate of drug-likeness (QED) is 0.804. The van der Waals surface area contributed by atoms with Crippen molar-refractivity contribution in [3.63, 3.8) is 0 Å². The summed E-state index contributed by atoms with van der Waals surface area (Å²) in [5.74, 6) is 0.504. The van der Waals surface area contributed by atoms with Crippen molar-refractivity contribution < 1.29 is 9.59 Å². The molecule has 0 unspecified atom stereocenters. The van der Waals surface area contributed by atoms with Gasteiger partial charge in [0.05, 0.1) is 5.75 Å². The molecule has 1 aliphatic rings. The molecule has 0 saturated heterocycles. The molecule has 1 saturated carbocycles.